The molecule has 0 saturated heterocycles. The first-order valence-corrected chi connectivity index (χ1v) is 4.13. The number of phenols is 1. The SMILES string of the molecule is Nc1ccc(O)c(OC(F)(F)F)c1Br. The number of aromatic hydroxyl groups is 1. The molecule has 3 N–H and O–H groups in total. The maximum Gasteiger partial charge on any atom is 0.573 e. The van der Waals surface area contributed by atoms with Crippen molar-refractivity contribution in [3.8, 4) is 11.5 Å². The summed E-state index contributed by atoms with van der Waals surface area (Å²) in [6.07, 6.45) is -4.87. The fourth-order valence-electron chi connectivity index (χ4n) is 0.774. The highest BCUT2D eigenvalue weighted by atomic mass is 79.9. The van der Waals surface area contributed by atoms with Crippen molar-refractivity contribution >= 4 is 21.6 Å². The second-order valence-electron chi connectivity index (χ2n) is 2.36. The minimum Gasteiger partial charge on any atom is -0.504 e. The van der Waals surface area contributed by atoms with Gasteiger partial charge in [-0.15, -0.1) is 13.2 Å². The molecular formula is C7H5BrF3NO2. The van der Waals surface area contributed by atoms with Crippen LogP contribution in [0.5, 0.6) is 11.5 Å². The number of nitrogens with two attached hydrogens (primary N) is 1. The zero-order chi connectivity index (χ0) is 10.9. The van der Waals surface area contributed by atoms with Gasteiger partial charge in [0.25, 0.3) is 0 Å². The van der Waals surface area contributed by atoms with Crippen LogP contribution in [0.25, 0.3) is 0 Å². The molecule has 0 amide bonds. The molecule has 7 heteroatoms. The lowest BCUT2D eigenvalue weighted by molar-refractivity contribution is -0.275. The predicted molar refractivity (Wildman–Crippen MR) is 46.9 cm³/mol. The summed E-state index contributed by atoms with van der Waals surface area (Å²) in [7, 11) is 0. The smallest absolute Gasteiger partial charge is 0.504 e. The third-order valence-electron chi connectivity index (χ3n) is 1.32. The molecule has 0 fully saturated rings. The predicted octanol–water partition coefficient (Wildman–Crippen LogP) is 2.64. The Morgan fingerprint density at radius 2 is 1.93 bits per heavy atom. The Morgan fingerprint density at radius 1 is 1.36 bits per heavy atom. The largest absolute Gasteiger partial charge is 0.573 e. The van der Waals surface area contributed by atoms with Crippen LogP contribution in [0.15, 0.2) is 16.6 Å². The van der Waals surface area contributed by atoms with E-state index < -0.39 is 17.9 Å². The second kappa shape index (κ2) is 3.56. The summed E-state index contributed by atoms with van der Waals surface area (Å²) in [5.41, 5.74) is 5.35. The van der Waals surface area contributed by atoms with Crippen LogP contribution in [0.1, 0.15) is 0 Å². The van der Waals surface area contributed by atoms with Gasteiger partial charge >= 0.3 is 6.36 Å². The van der Waals surface area contributed by atoms with E-state index in [0.29, 0.717) is 0 Å². The standard InChI is InChI=1S/C7H5BrF3NO2/c8-5-3(12)1-2-4(13)6(5)14-7(9,10)11/h1-2,13H,12H2. The number of anilines is 1. The van der Waals surface area contributed by atoms with Crippen LogP contribution in [-0.2, 0) is 0 Å². The van der Waals surface area contributed by atoms with E-state index in [2.05, 4.69) is 20.7 Å². The van der Waals surface area contributed by atoms with E-state index in [0.717, 1.165) is 6.07 Å². The van der Waals surface area contributed by atoms with Crippen LogP contribution in [0.2, 0.25) is 0 Å². The normalized spacial score (nSPS) is 11.4. The lowest BCUT2D eigenvalue weighted by atomic mass is 10.3. The molecule has 0 heterocycles. The van der Waals surface area contributed by atoms with Gasteiger partial charge in [0.15, 0.2) is 11.5 Å². The molecule has 0 aromatic heterocycles. The Kier molecular flexibility index (Phi) is 2.79. The summed E-state index contributed by atoms with van der Waals surface area (Å²) in [6, 6.07) is 2.27. The van der Waals surface area contributed by atoms with E-state index in [1.807, 2.05) is 0 Å². The number of nitrogen functional groups attached to an aromatic ring is 1. The van der Waals surface area contributed by atoms with Crippen LogP contribution in [0, 0.1) is 0 Å². The van der Waals surface area contributed by atoms with Gasteiger partial charge in [-0.1, -0.05) is 0 Å². The van der Waals surface area contributed by atoms with E-state index in [1.54, 1.807) is 0 Å². The molecule has 0 atom stereocenters. The highest BCUT2D eigenvalue weighted by molar-refractivity contribution is 9.10. The number of phenolic OH excluding ortho intramolecular Hbond substituents is 1. The highest BCUT2D eigenvalue weighted by Crippen LogP contribution is 2.41. The number of halogens is 4. The number of benzene rings is 1. The summed E-state index contributed by atoms with van der Waals surface area (Å²) in [4.78, 5) is 0. The van der Waals surface area contributed by atoms with Gasteiger partial charge in [-0.3, -0.25) is 0 Å². The molecule has 0 unspecified atom stereocenters. The van der Waals surface area contributed by atoms with Crippen molar-refractivity contribution in [2.24, 2.45) is 0 Å². The zero-order valence-corrected chi connectivity index (χ0v) is 8.19. The lowest BCUT2D eigenvalue weighted by Crippen LogP contribution is -2.17. The lowest BCUT2D eigenvalue weighted by Gasteiger charge is -2.12. The van der Waals surface area contributed by atoms with Crippen molar-refractivity contribution < 1.29 is 23.0 Å². The van der Waals surface area contributed by atoms with E-state index in [4.69, 9.17) is 10.8 Å². The number of hydrogen-bond acceptors (Lipinski definition) is 3. The van der Waals surface area contributed by atoms with Crippen LogP contribution in [-0.4, -0.2) is 11.5 Å². The quantitative estimate of drug-likeness (QED) is 0.610. The fraction of sp³-hybridized carbons (Fsp3) is 0.143. The first-order chi connectivity index (χ1) is 6.31. The van der Waals surface area contributed by atoms with E-state index in [1.165, 1.54) is 6.07 Å². The van der Waals surface area contributed by atoms with Gasteiger partial charge in [-0.25, -0.2) is 0 Å². The molecule has 0 aliphatic carbocycles. The summed E-state index contributed by atoms with van der Waals surface area (Å²) in [5.74, 6) is -1.37. The summed E-state index contributed by atoms with van der Waals surface area (Å²) in [5, 5.41) is 9.07. The Morgan fingerprint density at radius 3 is 2.43 bits per heavy atom. The molecule has 78 valence electrons. The Balaban J connectivity index is 3.13. The van der Waals surface area contributed by atoms with Crippen LogP contribution in [0.3, 0.4) is 0 Å². The van der Waals surface area contributed by atoms with E-state index in [9.17, 15) is 13.2 Å². The van der Waals surface area contributed by atoms with Crippen molar-refractivity contribution in [3.63, 3.8) is 0 Å². The zero-order valence-electron chi connectivity index (χ0n) is 6.60. The third kappa shape index (κ3) is 2.44. The molecule has 1 aromatic carbocycles. The van der Waals surface area contributed by atoms with Gasteiger partial charge in [-0.2, -0.15) is 0 Å². The average molecular weight is 272 g/mol. The molecule has 1 rings (SSSR count). The Labute approximate surface area is 85.4 Å². The van der Waals surface area contributed by atoms with E-state index in [-0.39, 0.29) is 10.2 Å². The maximum atomic E-state index is 11.8. The number of ether oxygens (including phenoxy) is 1. The van der Waals surface area contributed by atoms with E-state index >= 15 is 0 Å². The van der Waals surface area contributed by atoms with Gasteiger partial charge in [0.2, 0.25) is 0 Å². The summed E-state index contributed by atoms with van der Waals surface area (Å²) >= 11 is 2.77. The van der Waals surface area contributed by atoms with Crippen LogP contribution < -0.4 is 10.5 Å². The van der Waals surface area contributed by atoms with Crippen molar-refractivity contribution in [1.29, 1.82) is 0 Å². The van der Waals surface area contributed by atoms with Crippen molar-refractivity contribution in [2.75, 3.05) is 5.73 Å². The minimum absolute atomic E-state index is 0.0436. The Bertz CT molecular complexity index is 354. The van der Waals surface area contributed by atoms with Crippen LogP contribution >= 0.6 is 15.9 Å². The molecular weight excluding hydrogens is 267 g/mol. The first kappa shape index (κ1) is 11.0. The monoisotopic (exact) mass is 271 g/mol. The summed E-state index contributed by atoms with van der Waals surface area (Å²) in [6.45, 7) is 0. The summed E-state index contributed by atoms with van der Waals surface area (Å²) < 4.78 is 39.0. The molecule has 0 radical (unpaired) electrons. The molecule has 0 spiro atoms. The highest BCUT2D eigenvalue weighted by Gasteiger charge is 2.33. The topological polar surface area (TPSA) is 55.5 Å². The van der Waals surface area contributed by atoms with Crippen LogP contribution in [0.4, 0.5) is 18.9 Å². The van der Waals surface area contributed by atoms with Gasteiger partial charge < -0.3 is 15.6 Å². The molecule has 1 aromatic rings. The average Bonchev–Trinajstić information content (AvgIpc) is 2.04. The van der Waals surface area contributed by atoms with Crippen molar-refractivity contribution in [2.45, 2.75) is 6.36 Å². The van der Waals surface area contributed by atoms with Crippen molar-refractivity contribution in [3.05, 3.63) is 16.6 Å². The molecule has 0 aliphatic rings. The fourth-order valence-corrected chi connectivity index (χ4v) is 1.19. The Hall–Kier alpha value is -1.11. The minimum atomic E-state index is -4.87. The number of alkyl halides is 3. The molecule has 0 bridgehead atoms. The van der Waals surface area contributed by atoms with Gasteiger partial charge in [-0.05, 0) is 28.1 Å². The van der Waals surface area contributed by atoms with Gasteiger partial charge in [0.05, 0.1) is 4.47 Å². The molecule has 0 aliphatic heterocycles. The number of rotatable bonds is 1. The third-order valence-corrected chi connectivity index (χ3v) is 2.14. The molecule has 3 nitrogen and oxygen atoms in total. The molecule has 14 heavy (non-hydrogen) atoms. The van der Waals surface area contributed by atoms with Gasteiger partial charge in [0, 0.05) is 5.69 Å². The first-order valence-electron chi connectivity index (χ1n) is 3.34. The maximum absolute atomic E-state index is 11.8. The van der Waals surface area contributed by atoms with Gasteiger partial charge in [0.1, 0.15) is 0 Å². The second-order valence-corrected chi connectivity index (χ2v) is 3.16. The number of hydrogen-bond donors (Lipinski definition) is 2. The molecule has 0 saturated carbocycles. The van der Waals surface area contributed by atoms with Crippen molar-refractivity contribution in [1.82, 2.24) is 0 Å².